The first-order valence-electron chi connectivity index (χ1n) is 3.87. The predicted molar refractivity (Wildman–Crippen MR) is 45.0 cm³/mol. The zero-order valence-electron chi connectivity index (χ0n) is 6.93. The van der Waals surface area contributed by atoms with Gasteiger partial charge in [0, 0.05) is 12.1 Å². The lowest BCUT2D eigenvalue weighted by Crippen LogP contribution is -2.11. The van der Waals surface area contributed by atoms with Crippen molar-refractivity contribution in [2.45, 2.75) is 12.6 Å². The Kier molecular flexibility index (Phi) is 2.93. The van der Waals surface area contributed by atoms with Gasteiger partial charge in [0.1, 0.15) is 0 Å². The fourth-order valence-corrected chi connectivity index (χ4v) is 1.03. The average molecular weight is 189 g/mol. The quantitative estimate of drug-likeness (QED) is 0.673. The van der Waals surface area contributed by atoms with Crippen molar-refractivity contribution in [3.05, 3.63) is 35.5 Å². The number of rotatable bonds is 1. The SMILES string of the molecule is NCC1=CCC(C(F)(F)F)=CC=C1. The molecular weight excluding hydrogens is 179 g/mol. The second-order valence-electron chi connectivity index (χ2n) is 2.74. The van der Waals surface area contributed by atoms with Gasteiger partial charge >= 0.3 is 6.18 Å². The van der Waals surface area contributed by atoms with Crippen LogP contribution < -0.4 is 5.73 Å². The molecule has 4 heteroatoms. The molecule has 0 saturated heterocycles. The molecule has 0 aromatic carbocycles. The van der Waals surface area contributed by atoms with Crippen LogP contribution in [0.15, 0.2) is 35.5 Å². The van der Waals surface area contributed by atoms with Gasteiger partial charge in [-0.05, 0) is 12.0 Å². The van der Waals surface area contributed by atoms with Crippen molar-refractivity contribution < 1.29 is 13.2 Å². The topological polar surface area (TPSA) is 26.0 Å². The lowest BCUT2D eigenvalue weighted by Gasteiger charge is -2.07. The zero-order chi connectivity index (χ0) is 9.90. The van der Waals surface area contributed by atoms with Crippen LogP contribution >= 0.6 is 0 Å². The Morgan fingerprint density at radius 2 is 2.08 bits per heavy atom. The highest BCUT2D eigenvalue weighted by molar-refractivity contribution is 5.32. The molecule has 0 unspecified atom stereocenters. The molecule has 0 aliphatic heterocycles. The first kappa shape index (κ1) is 10.1. The molecule has 0 atom stereocenters. The zero-order valence-corrected chi connectivity index (χ0v) is 6.93. The molecule has 0 heterocycles. The molecule has 0 radical (unpaired) electrons. The normalized spacial score (nSPS) is 17.8. The summed E-state index contributed by atoms with van der Waals surface area (Å²) in [6.45, 7) is 0.273. The number of hydrogen-bond acceptors (Lipinski definition) is 1. The van der Waals surface area contributed by atoms with Gasteiger partial charge in [-0.1, -0.05) is 24.3 Å². The van der Waals surface area contributed by atoms with Crippen LogP contribution in [0.2, 0.25) is 0 Å². The summed E-state index contributed by atoms with van der Waals surface area (Å²) in [4.78, 5) is 0. The molecular formula is C9H10F3N. The Morgan fingerprint density at radius 1 is 1.38 bits per heavy atom. The van der Waals surface area contributed by atoms with Crippen LogP contribution in [0.4, 0.5) is 13.2 Å². The van der Waals surface area contributed by atoms with E-state index >= 15 is 0 Å². The average Bonchev–Trinajstić information content (AvgIpc) is 2.26. The Morgan fingerprint density at radius 3 is 2.62 bits per heavy atom. The molecule has 1 aliphatic rings. The van der Waals surface area contributed by atoms with Crippen LogP contribution in [0.3, 0.4) is 0 Å². The van der Waals surface area contributed by atoms with Gasteiger partial charge in [0.25, 0.3) is 0 Å². The van der Waals surface area contributed by atoms with E-state index in [2.05, 4.69) is 0 Å². The molecule has 2 N–H and O–H groups in total. The van der Waals surface area contributed by atoms with Crippen molar-refractivity contribution in [2.75, 3.05) is 6.54 Å². The molecule has 0 aromatic rings. The van der Waals surface area contributed by atoms with Crippen LogP contribution in [0.5, 0.6) is 0 Å². The lowest BCUT2D eigenvalue weighted by atomic mass is 10.1. The highest BCUT2D eigenvalue weighted by Crippen LogP contribution is 2.29. The van der Waals surface area contributed by atoms with E-state index in [0.717, 1.165) is 11.6 Å². The molecule has 1 nitrogen and oxygen atoms in total. The number of nitrogens with two attached hydrogens (primary N) is 1. The van der Waals surface area contributed by atoms with Crippen LogP contribution in [-0.2, 0) is 0 Å². The summed E-state index contributed by atoms with van der Waals surface area (Å²) in [6, 6.07) is 0. The molecule has 1 rings (SSSR count). The van der Waals surface area contributed by atoms with E-state index in [1.54, 1.807) is 6.08 Å². The second kappa shape index (κ2) is 3.79. The Labute approximate surface area is 74.4 Å². The smallest absolute Gasteiger partial charge is 0.327 e. The molecule has 0 bridgehead atoms. The van der Waals surface area contributed by atoms with Crippen molar-refractivity contribution in [2.24, 2.45) is 5.73 Å². The van der Waals surface area contributed by atoms with E-state index in [1.807, 2.05) is 0 Å². The molecule has 0 amide bonds. The first-order valence-corrected chi connectivity index (χ1v) is 3.87. The van der Waals surface area contributed by atoms with E-state index in [0.29, 0.717) is 0 Å². The van der Waals surface area contributed by atoms with Crippen LogP contribution in [0.1, 0.15) is 6.42 Å². The van der Waals surface area contributed by atoms with E-state index in [9.17, 15) is 13.2 Å². The summed E-state index contributed by atoms with van der Waals surface area (Å²) in [5, 5.41) is 0. The molecule has 0 fully saturated rings. The number of halogens is 3. The molecule has 72 valence electrons. The largest absolute Gasteiger partial charge is 0.412 e. The minimum atomic E-state index is -4.23. The van der Waals surface area contributed by atoms with E-state index in [4.69, 9.17) is 5.73 Å². The van der Waals surface area contributed by atoms with Gasteiger partial charge in [-0.15, -0.1) is 0 Å². The fraction of sp³-hybridized carbons (Fsp3) is 0.333. The molecule has 0 saturated carbocycles. The Hall–Kier alpha value is -1.03. The Balaban J connectivity index is 2.80. The molecule has 13 heavy (non-hydrogen) atoms. The highest BCUT2D eigenvalue weighted by atomic mass is 19.4. The standard InChI is InChI=1S/C9H10F3N/c10-9(11,12)8-3-1-2-7(6-13)4-5-8/h1-4H,5-6,13H2. The van der Waals surface area contributed by atoms with Gasteiger partial charge in [-0.2, -0.15) is 13.2 Å². The van der Waals surface area contributed by atoms with Gasteiger partial charge in [0.05, 0.1) is 0 Å². The van der Waals surface area contributed by atoms with E-state index in [1.165, 1.54) is 12.2 Å². The van der Waals surface area contributed by atoms with Crippen molar-refractivity contribution in [1.82, 2.24) is 0 Å². The summed E-state index contributed by atoms with van der Waals surface area (Å²) in [5.74, 6) is 0. The summed E-state index contributed by atoms with van der Waals surface area (Å²) >= 11 is 0. The maximum atomic E-state index is 12.2. The molecule has 0 spiro atoms. The minimum Gasteiger partial charge on any atom is -0.327 e. The minimum absolute atomic E-state index is 0.0942. The third-order valence-electron chi connectivity index (χ3n) is 1.79. The molecule has 0 aromatic heterocycles. The monoisotopic (exact) mass is 189 g/mol. The number of hydrogen-bond donors (Lipinski definition) is 1. The van der Waals surface area contributed by atoms with Crippen molar-refractivity contribution in [3.63, 3.8) is 0 Å². The van der Waals surface area contributed by atoms with E-state index < -0.39 is 11.7 Å². The van der Waals surface area contributed by atoms with Crippen molar-refractivity contribution >= 4 is 0 Å². The second-order valence-corrected chi connectivity index (χ2v) is 2.74. The van der Waals surface area contributed by atoms with Gasteiger partial charge in [0.2, 0.25) is 0 Å². The summed E-state index contributed by atoms with van der Waals surface area (Å²) in [6.07, 6.45) is 1.24. The highest BCUT2D eigenvalue weighted by Gasteiger charge is 2.32. The van der Waals surface area contributed by atoms with Gasteiger partial charge < -0.3 is 5.73 Å². The third-order valence-corrected chi connectivity index (χ3v) is 1.79. The number of alkyl halides is 3. The van der Waals surface area contributed by atoms with Gasteiger partial charge in [0.15, 0.2) is 0 Å². The predicted octanol–water partition coefficient (Wildman–Crippen LogP) is 2.32. The van der Waals surface area contributed by atoms with Gasteiger partial charge in [-0.25, -0.2) is 0 Å². The van der Waals surface area contributed by atoms with Crippen molar-refractivity contribution in [1.29, 1.82) is 0 Å². The lowest BCUT2D eigenvalue weighted by molar-refractivity contribution is -0.0928. The summed E-state index contributed by atoms with van der Waals surface area (Å²) in [7, 11) is 0. The summed E-state index contributed by atoms with van der Waals surface area (Å²) in [5.41, 5.74) is 5.50. The third kappa shape index (κ3) is 2.73. The van der Waals surface area contributed by atoms with Crippen LogP contribution in [0, 0.1) is 0 Å². The first-order chi connectivity index (χ1) is 6.04. The maximum absolute atomic E-state index is 12.2. The molecule has 1 aliphatic carbocycles. The summed E-state index contributed by atoms with van der Waals surface area (Å²) < 4.78 is 36.6. The van der Waals surface area contributed by atoms with Crippen LogP contribution in [0.25, 0.3) is 0 Å². The fourth-order valence-electron chi connectivity index (χ4n) is 1.03. The van der Waals surface area contributed by atoms with Gasteiger partial charge in [-0.3, -0.25) is 0 Å². The van der Waals surface area contributed by atoms with Crippen LogP contribution in [-0.4, -0.2) is 12.7 Å². The Bertz CT molecular complexity index is 271. The van der Waals surface area contributed by atoms with Crippen molar-refractivity contribution in [3.8, 4) is 0 Å². The number of allylic oxidation sites excluding steroid dienone is 4. The van der Waals surface area contributed by atoms with E-state index in [-0.39, 0.29) is 13.0 Å². The maximum Gasteiger partial charge on any atom is 0.412 e.